The smallest absolute Gasteiger partial charge is 0.145 e. The molecule has 0 bridgehead atoms. The van der Waals surface area contributed by atoms with Gasteiger partial charge in [-0.1, -0.05) is 30.3 Å². The van der Waals surface area contributed by atoms with Crippen LogP contribution < -0.4 is 5.73 Å². The van der Waals surface area contributed by atoms with Crippen molar-refractivity contribution < 1.29 is 0 Å². The van der Waals surface area contributed by atoms with Crippen molar-refractivity contribution in [3.63, 3.8) is 0 Å². The highest BCUT2D eigenvalue weighted by atomic mass is 32.2. The molecular formula is C15H17N3S2. The van der Waals surface area contributed by atoms with Gasteiger partial charge in [0.2, 0.25) is 0 Å². The van der Waals surface area contributed by atoms with Crippen LogP contribution in [0.15, 0.2) is 30.3 Å². The van der Waals surface area contributed by atoms with Gasteiger partial charge >= 0.3 is 0 Å². The second-order valence-corrected chi connectivity index (χ2v) is 7.20. The molecular weight excluding hydrogens is 286 g/mol. The van der Waals surface area contributed by atoms with Crippen LogP contribution in [0.3, 0.4) is 0 Å². The van der Waals surface area contributed by atoms with Crippen molar-refractivity contribution in [3.05, 3.63) is 41.7 Å². The molecule has 5 heteroatoms. The average molecular weight is 303 g/mol. The van der Waals surface area contributed by atoms with E-state index >= 15 is 0 Å². The molecule has 1 aliphatic rings. The van der Waals surface area contributed by atoms with Gasteiger partial charge in [0.05, 0.1) is 10.9 Å². The predicted octanol–water partition coefficient (Wildman–Crippen LogP) is 3.56. The summed E-state index contributed by atoms with van der Waals surface area (Å²) in [6, 6.07) is 10.2. The van der Waals surface area contributed by atoms with E-state index in [1.165, 1.54) is 5.75 Å². The first-order chi connectivity index (χ1) is 9.75. The molecule has 0 aliphatic carbocycles. The second kappa shape index (κ2) is 6.06. The third-order valence-corrected chi connectivity index (χ3v) is 6.10. The van der Waals surface area contributed by atoms with Crippen LogP contribution in [-0.4, -0.2) is 27.2 Å². The van der Waals surface area contributed by atoms with Gasteiger partial charge in [-0.3, -0.25) is 0 Å². The predicted molar refractivity (Wildman–Crippen MR) is 89.1 cm³/mol. The van der Waals surface area contributed by atoms with Gasteiger partial charge in [-0.05, 0) is 6.92 Å². The number of benzene rings is 1. The van der Waals surface area contributed by atoms with Gasteiger partial charge in [-0.25, -0.2) is 9.97 Å². The Morgan fingerprint density at radius 2 is 1.95 bits per heavy atom. The standard InChI is InChI=1S/C15H17N3S2/c1-10-13(11-5-3-2-4-6-11)17-15(18-14(10)16)12-9-19-7-8-20-12/h2-6,12H,7-9H2,1H3,(H2,16,17,18). The second-order valence-electron chi connectivity index (χ2n) is 4.74. The van der Waals surface area contributed by atoms with Crippen LogP contribution in [0, 0.1) is 6.92 Å². The van der Waals surface area contributed by atoms with Crippen LogP contribution >= 0.6 is 23.5 Å². The van der Waals surface area contributed by atoms with Gasteiger partial charge in [0, 0.05) is 28.4 Å². The zero-order valence-electron chi connectivity index (χ0n) is 11.4. The van der Waals surface area contributed by atoms with E-state index in [4.69, 9.17) is 10.7 Å². The molecule has 1 atom stereocenters. The Morgan fingerprint density at radius 3 is 2.65 bits per heavy atom. The minimum Gasteiger partial charge on any atom is -0.383 e. The maximum absolute atomic E-state index is 6.10. The molecule has 20 heavy (non-hydrogen) atoms. The average Bonchev–Trinajstić information content (AvgIpc) is 2.51. The topological polar surface area (TPSA) is 51.8 Å². The Kier molecular flexibility index (Phi) is 4.17. The summed E-state index contributed by atoms with van der Waals surface area (Å²) < 4.78 is 0. The van der Waals surface area contributed by atoms with Crippen molar-refractivity contribution in [3.8, 4) is 11.3 Å². The number of hydrogen-bond donors (Lipinski definition) is 1. The minimum absolute atomic E-state index is 0.360. The molecule has 2 aromatic rings. The number of nitrogens with two attached hydrogens (primary N) is 1. The summed E-state index contributed by atoms with van der Waals surface area (Å²) in [6.07, 6.45) is 0. The highest BCUT2D eigenvalue weighted by molar-refractivity contribution is 8.06. The molecule has 1 fully saturated rings. The number of rotatable bonds is 2. The lowest BCUT2D eigenvalue weighted by atomic mass is 10.1. The van der Waals surface area contributed by atoms with Gasteiger partial charge in [-0.2, -0.15) is 11.8 Å². The molecule has 104 valence electrons. The number of nitrogen functional groups attached to an aromatic ring is 1. The lowest BCUT2D eigenvalue weighted by Crippen LogP contribution is -2.13. The Bertz CT molecular complexity index is 596. The normalized spacial score (nSPS) is 18.9. The third-order valence-electron chi connectivity index (χ3n) is 3.35. The molecule has 1 unspecified atom stereocenters. The van der Waals surface area contributed by atoms with Crippen molar-refractivity contribution in [2.45, 2.75) is 12.2 Å². The van der Waals surface area contributed by atoms with E-state index in [0.717, 1.165) is 34.2 Å². The molecule has 1 aromatic heterocycles. The van der Waals surface area contributed by atoms with Crippen LogP contribution in [0.2, 0.25) is 0 Å². The lowest BCUT2D eigenvalue weighted by molar-refractivity contribution is 0.924. The van der Waals surface area contributed by atoms with Crippen LogP contribution in [0.1, 0.15) is 16.6 Å². The van der Waals surface area contributed by atoms with E-state index in [1.807, 2.05) is 48.6 Å². The number of aromatic nitrogens is 2. The van der Waals surface area contributed by atoms with Crippen LogP contribution in [0.25, 0.3) is 11.3 Å². The van der Waals surface area contributed by atoms with Crippen molar-refractivity contribution in [2.75, 3.05) is 23.0 Å². The van der Waals surface area contributed by atoms with E-state index in [0.29, 0.717) is 11.1 Å². The first kappa shape index (κ1) is 13.8. The Hall–Kier alpha value is -1.20. The summed E-state index contributed by atoms with van der Waals surface area (Å²) in [6.45, 7) is 1.99. The van der Waals surface area contributed by atoms with Gasteiger partial charge in [-0.15, -0.1) is 11.8 Å². The molecule has 3 rings (SSSR count). The number of thioether (sulfide) groups is 2. The molecule has 0 radical (unpaired) electrons. The molecule has 2 N–H and O–H groups in total. The quantitative estimate of drug-likeness (QED) is 0.919. The maximum Gasteiger partial charge on any atom is 0.145 e. The molecule has 0 saturated carbocycles. The fourth-order valence-corrected chi connectivity index (χ4v) is 4.81. The summed E-state index contributed by atoms with van der Waals surface area (Å²) in [4.78, 5) is 9.32. The number of anilines is 1. The third kappa shape index (κ3) is 2.79. The Labute approximate surface area is 127 Å². The summed E-state index contributed by atoms with van der Waals surface area (Å²) in [7, 11) is 0. The zero-order valence-corrected chi connectivity index (χ0v) is 13.0. The summed E-state index contributed by atoms with van der Waals surface area (Å²) in [5.74, 6) is 4.93. The number of hydrogen-bond acceptors (Lipinski definition) is 5. The van der Waals surface area contributed by atoms with Crippen molar-refractivity contribution in [2.24, 2.45) is 0 Å². The Balaban J connectivity index is 2.03. The van der Waals surface area contributed by atoms with Crippen molar-refractivity contribution >= 4 is 29.3 Å². The Morgan fingerprint density at radius 1 is 1.15 bits per heavy atom. The fourth-order valence-electron chi connectivity index (χ4n) is 2.21. The zero-order chi connectivity index (χ0) is 13.9. The van der Waals surface area contributed by atoms with E-state index in [-0.39, 0.29) is 0 Å². The molecule has 1 aromatic carbocycles. The summed E-state index contributed by atoms with van der Waals surface area (Å²) in [5.41, 5.74) is 9.13. The van der Waals surface area contributed by atoms with Crippen molar-refractivity contribution in [1.82, 2.24) is 9.97 Å². The van der Waals surface area contributed by atoms with E-state index in [1.54, 1.807) is 0 Å². The van der Waals surface area contributed by atoms with Gasteiger partial charge in [0.25, 0.3) is 0 Å². The largest absolute Gasteiger partial charge is 0.383 e. The maximum atomic E-state index is 6.10. The molecule has 0 spiro atoms. The lowest BCUT2D eigenvalue weighted by Gasteiger charge is -2.21. The first-order valence-corrected chi connectivity index (χ1v) is 8.85. The molecule has 3 nitrogen and oxygen atoms in total. The number of nitrogens with zero attached hydrogens (tertiary/aromatic N) is 2. The minimum atomic E-state index is 0.360. The van der Waals surface area contributed by atoms with Crippen LogP contribution in [-0.2, 0) is 0 Å². The molecule has 1 aliphatic heterocycles. The summed E-state index contributed by atoms with van der Waals surface area (Å²) >= 11 is 3.90. The highest BCUT2D eigenvalue weighted by Gasteiger charge is 2.21. The highest BCUT2D eigenvalue weighted by Crippen LogP contribution is 2.36. The SMILES string of the molecule is Cc1c(N)nc(C2CSCCS2)nc1-c1ccccc1. The molecule has 0 amide bonds. The van der Waals surface area contributed by atoms with Gasteiger partial charge in [0.15, 0.2) is 0 Å². The van der Waals surface area contributed by atoms with Crippen molar-refractivity contribution in [1.29, 1.82) is 0 Å². The van der Waals surface area contributed by atoms with Crippen LogP contribution in [0.4, 0.5) is 5.82 Å². The van der Waals surface area contributed by atoms with E-state index in [2.05, 4.69) is 17.1 Å². The van der Waals surface area contributed by atoms with E-state index in [9.17, 15) is 0 Å². The first-order valence-electron chi connectivity index (χ1n) is 6.64. The molecule has 1 saturated heterocycles. The van der Waals surface area contributed by atoms with E-state index < -0.39 is 0 Å². The monoisotopic (exact) mass is 303 g/mol. The van der Waals surface area contributed by atoms with Crippen LogP contribution in [0.5, 0.6) is 0 Å². The van der Waals surface area contributed by atoms with Gasteiger partial charge < -0.3 is 5.73 Å². The van der Waals surface area contributed by atoms with Gasteiger partial charge in [0.1, 0.15) is 11.6 Å². The molecule has 2 heterocycles. The summed E-state index contributed by atoms with van der Waals surface area (Å²) in [5, 5.41) is 0.360. The fraction of sp³-hybridized carbons (Fsp3) is 0.333.